The summed E-state index contributed by atoms with van der Waals surface area (Å²) in [6, 6.07) is 8.16. The minimum absolute atomic E-state index is 0.596. The van der Waals surface area contributed by atoms with Crippen molar-refractivity contribution < 1.29 is 4.52 Å². The number of nitrogens with zero attached hydrogens (tertiary/aromatic N) is 2. The lowest BCUT2D eigenvalue weighted by Crippen LogP contribution is -2.19. The fraction of sp³-hybridized carbons (Fsp3) is 0.385. The highest BCUT2D eigenvalue weighted by Crippen LogP contribution is 2.20. The highest BCUT2D eigenvalue weighted by molar-refractivity contribution is 6.30. The van der Waals surface area contributed by atoms with Crippen LogP contribution in [0.5, 0.6) is 0 Å². The molecule has 1 aromatic heterocycles. The molecule has 1 N–H and O–H groups in total. The Hall–Kier alpha value is -1.39. The minimum atomic E-state index is 0.596. The van der Waals surface area contributed by atoms with Crippen LogP contribution in [0, 0.1) is 0 Å². The molecule has 0 bridgehead atoms. The molecule has 4 nitrogen and oxygen atoms in total. The highest BCUT2D eigenvalue weighted by Gasteiger charge is 2.20. The summed E-state index contributed by atoms with van der Waals surface area (Å²) in [6.07, 6.45) is 3.35. The lowest BCUT2D eigenvalue weighted by molar-refractivity contribution is 0.376. The topological polar surface area (TPSA) is 51.0 Å². The fourth-order valence-electron chi connectivity index (χ4n) is 1.77. The molecule has 0 amide bonds. The van der Waals surface area contributed by atoms with Gasteiger partial charge in [0.15, 0.2) is 0 Å². The van der Waals surface area contributed by atoms with Gasteiger partial charge in [-0.3, -0.25) is 0 Å². The number of aromatic nitrogens is 2. The average Bonchev–Trinajstić information content (AvgIpc) is 3.06. The summed E-state index contributed by atoms with van der Waals surface area (Å²) < 4.78 is 5.22. The van der Waals surface area contributed by atoms with Gasteiger partial charge >= 0.3 is 0 Å². The fourth-order valence-corrected chi connectivity index (χ4v) is 1.96. The quantitative estimate of drug-likeness (QED) is 0.901. The van der Waals surface area contributed by atoms with Crippen molar-refractivity contribution in [3.63, 3.8) is 0 Å². The van der Waals surface area contributed by atoms with Gasteiger partial charge in [-0.1, -0.05) is 28.9 Å². The van der Waals surface area contributed by atoms with E-state index < -0.39 is 0 Å². The first-order valence-corrected chi connectivity index (χ1v) is 6.51. The van der Waals surface area contributed by atoms with E-state index >= 15 is 0 Å². The normalized spacial score (nSPS) is 14.9. The first-order chi connectivity index (χ1) is 8.81. The van der Waals surface area contributed by atoms with E-state index in [1.807, 2.05) is 24.3 Å². The van der Waals surface area contributed by atoms with Gasteiger partial charge in [-0.2, -0.15) is 4.98 Å². The largest absolute Gasteiger partial charge is 0.339 e. The summed E-state index contributed by atoms with van der Waals surface area (Å²) in [7, 11) is 0. The summed E-state index contributed by atoms with van der Waals surface area (Å²) in [5.74, 6) is 1.26. The zero-order valence-corrected chi connectivity index (χ0v) is 10.7. The zero-order valence-electron chi connectivity index (χ0n) is 9.90. The predicted octanol–water partition coefficient (Wildman–Crippen LogP) is 2.68. The van der Waals surface area contributed by atoms with Gasteiger partial charge in [-0.25, -0.2) is 0 Å². The molecule has 1 fully saturated rings. The van der Waals surface area contributed by atoms with Crippen molar-refractivity contribution >= 4 is 11.6 Å². The van der Waals surface area contributed by atoms with Gasteiger partial charge in [0.25, 0.3) is 0 Å². The summed E-state index contributed by atoms with van der Waals surface area (Å²) in [4.78, 5) is 4.36. The van der Waals surface area contributed by atoms with Crippen LogP contribution in [0.2, 0.25) is 5.02 Å². The van der Waals surface area contributed by atoms with Gasteiger partial charge < -0.3 is 9.84 Å². The van der Waals surface area contributed by atoms with E-state index in [0.29, 0.717) is 22.8 Å². The van der Waals surface area contributed by atoms with Crippen LogP contribution >= 0.6 is 11.6 Å². The van der Waals surface area contributed by atoms with Gasteiger partial charge in [0.1, 0.15) is 0 Å². The monoisotopic (exact) mass is 263 g/mol. The van der Waals surface area contributed by atoms with Crippen molar-refractivity contribution in [3.8, 4) is 11.4 Å². The van der Waals surface area contributed by atoms with E-state index in [1.165, 1.54) is 12.8 Å². The second kappa shape index (κ2) is 5.08. The molecule has 1 heterocycles. The van der Waals surface area contributed by atoms with Crippen molar-refractivity contribution in [3.05, 3.63) is 35.2 Å². The summed E-state index contributed by atoms with van der Waals surface area (Å²) in [5, 5.41) is 8.06. The van der Waals surface area contributed by atoms with Crippen molar-refractivity contribution in [2.45, 2.75) is 25.3 Å². The Morgan fingerprint density at radius 3 is 3.06 bits per heavy atom. The van der Waals surface area contributed by atoms with E-state index in [9.17, 15) is 0 Å². The molecule has 18 heavy (non-hydrogen) atoms. The first kappa shape index (κ1) is 11.7. The first-order valence-electron chi connectivity index (χ1n) is 6.13. The smallest absolute Gasteiger partial charge is 0.228 e. The van der Waals surface area contributed by atoms with Crippen LogP contribution in [0.25, 0.3) is 11.4 Å². The molecule has 0 saturated heterocycles. The average molecular weight is 264 g/mol. The molecule has 2 aromatic rings. The molecule has 0 unspecified atom stereocenters. The van der Waals surface area contributed by atoms with Gasteiger partial charge in [-0.15, -0.1) is 0 Å². The zero-order chi connectivity index (χ0) is 12.4. The maximum atomic E-state index is 5.93. The lowest BCUT2D eigenvalue weighted by atomic mass is 10.2. The molecule has 0 radical (unpaired) electrons. The number of hydrogen-bond donors (Lipinski definition) is 1. The van der Waals surface area contributed by atoms with Crippen LogP contribution in [0.3, 0.4) is 0 Å². The Bertz CT molecular complexity index is 537. The van der Waals surface area contributed by atoms with Crippen LogP contribution in [0.1, 0.15) is 18.7 Å². The minimum Gasteiger partial charge on any atom is -0.339 e. The van der Waals surface area contributed by atoms with Crippen LogP contribution < -0.4 is 5.32 Å². The molecule has 0 atom stereocenters. The van der Waals surface area contributed by atoms with Gasteiger partial charge in [0.2, 0.25) is 11.7 Å². The second-order valence-corrected chi connectivity index (χ2v) is 4.94. The SMILES string of the molecule is Clc1cccc(-c2noc(CCNC3CC3)n2)c1. The van der Waals surface area contributed by atoms with E-state index in [2.05, 4.69) is 15.5 Å². The second-order valence-electron chi connectivity index (χ2n) is 4.50. The maximum absolute atomic E-state index is 5.93. The van der Waals surface area contributed by atoms with Gasteiger partial charge in [-0.05, 0) is 25.0 Å². The van der Waals surface area contributed by atoms with Crippen molar-refractivity contribution in [2.24, 2.45) is 0 Å². The molecule has 1 aliphatic carbocycles. The third-order valence-corrected chi connectivity index (χ3v) is 3.14. The third kappa shape index (κ3) is 2.89. The molecule has 1 aliphatic rings. The Kier molecular flexibility index (Phi) is 3.30. The summed E-state index contributed by atoms with van der Waals surface area (Å²) in [5.41, 5.74) is 0.882. The van der Waals surface area contributed by atoms with E-state index in [4.69, 9.17) is 16.1 Å². The number of benzene rings is 1. The van der Waals surface area contributed by atoms with E-state index in [1.54, 1.807) is 0 Å². The maximum Gasteiger partial charge on any atom is 0.228 e. The number of rotatable bonds is 5. The Labute approximate surface area is 110 Å². The number of halogens is 1. The van der Waals surface area contributed by atoms with Crippen molar-refractivity contribution in [1.29, 1.82) is 0 Å². The van der Waals surface area contributed by atoms with Gasteiger partial charge in [0.05, 0.1) is 0 Å². The molecule has 3 rings (SSSR count). The molecule has 0 aliphatic heterocycles. The Balaban J connectivity index is 1.64. The molecule has 1 aromatic carbocycles. The molecule has 94 valence electrons. The molecular weight excluding hydrogens is 250 g/mol. The summed E-state index contributed by atoms with van der Waals surface area (Å²) in [6.45, 7) is 0.891. The Morgan fingerprint density at radius 1 is 1.39 bits per heavy atom. The highest BCUT2D eigenvalue weighted by atomic mass is 35.5. The lowest BCUT2D eigenvalue weighted by Gasteiger charge is -1.97. The molecule has 0 spiro atoms. The predicted molar refractivity (Wildman–Crippen MR) is 69.5 cm³/mol. The standard InChI is InChI=1S/C13H14ClN3O/c14-10-3-1-2-9(8-10)13-16-12(18-17-13)6-7-15-11-4-5-11/h1-3,8,11,15H,4-7H2. The van der Waals surface area contributed by atoms with E-state index in [-0.39, 0.29) is 0 Å². The third-order valence-electron chi connectivity index (χ3n) is 2.90. The van der Waals surface area contributed by atoms with Crippen LogP contribution in [0.15, 0.2) is 28.8 Å². The molecular formula is C13H14ClN3O. The van der Waals surface area contributed by atoms with Crippen LogP contribution in [0.4, 0.5) is 0 Å². The van der Waals surface area contributed by atoms with Crippen LogP contribution in [-0.2, 0) is 6.42 Å². The van der Waals surface area contributed by atoms with Gasteiger partial charge in [0, 0.05) is 29.6 Å². The number of hydrogen-bond acceptors (Lipinski definition) is 4. The van der Waals surface area contributed by atoms with Crippen molar-refractivity contribution in [2.75, 3.05) is 6.54 Å². The molecule has 1 saturated carbocycles. The number of nitrogens with one attached hydrogen (secondary N) is 1. The molecule has 5 heteroatoms. The van der Waals surface area contributed by atoms with Crippen LogP contribution in [-0.4, -0.2) is 22.7 Å². The van der Waals surface area contributed by atoms with Crippen molar-refractivity contribution in [1.82, 2.24) is 15.5 Å². The van der Waals surface area contributed by atoms with E-state index in [0.717, 1.165) is 18.5 Å². The Morgan fingerprint density at radius 2 is 2.28 bits per heavy atom. The summed E-state index contributed by atoms with van der Waals surface area (Å²) >= 11 is 5.93.